The highest BCUT2D eigenvalue weighted by molar-refractivity contribution is 8.12. The first kappa shape index (κ1) is 21.0. The summed E-state index contributed by atoms with van der Waals surface area (Å²) in [6.07, 6.45) is 6.86. The topological polar surface area (TPSA) is 75.6 Å². The maximum Gasteiger partial charge on any atom is 0.281 e. The largest absolute Gasteiger partial charge is 0.474 e. The van der Waals surface area contributed by atoms with Gasteiger partial charge in [0.05, 0.1) is 5.69 Å². The molecule has 1 aromatic carbocycles. The highest BCUT2D eigenvalue weighted by atomic mass is 32.2. The monoisotopic (exact) mass is 450 g/mol. The minimum Gasteiger partial charge on any atom is -0.474 e. The van der Waals surface area contributed by atoms with Gasteiger partial charge in [0.1, 0.15) is 24.1 Å². The number of piperidine rings is 1. The number of thioether (sulfide) groups is 1. The summed E-state index contributed by atoms with van der Waals surface area (Å²) in [6, 6.07) is 4.85. The molecule has 0 spiro atoms. The van der Waals surface area contributed by atoms with E-state index in [4.69, 9.17) is 4.74 Å². The lowest BCUT2D eigenvalue weighted by atomic mass is 10.1. The Hall–Kier alpha value is -2.20. The number of hydrogen-bond acceptors (Lipinski definition) is 7. The molecule has 2 aliphatic rings. The summed E-state index contributed by atoms with van der Waals surface area (Å²) in [7, 11) is -1.23. The Labute approximate surface area is 181 Å². The molecule has 1 amide bonds. The summed E-state index contributed by atoms with van der Waals surface area (Å²) in [5.74, 6) is 0.606. The van der Waals surface area contributed by atoms with Crippen molar-refractivity contribution in [3.63, 3.8) is 0 Å². The molecule has 1 aromatic heterocycles. The van der Waals surface area contributed by atoms with Crippen molar-refractivity contribution < 1.29 is 18.1 Å². The molecule has 1 atom stereocenters. The lowest BCUT2D eigenvalue weighted by Crippen LogP contribution is -2.40. The van der Waals surface area contributed by atoms with Gasteiger partial charge >= 0.3 is 0 Å². The van der Waals surface area contributed by atoms with Crippen LogP contribution in [0.15, 0.2) is 29.4 Å². The standard InChI is InChI=1S/C20H23FN4O3S2/c1-29-20(26)24-6-4-14(5-7-24)28-18-11-17(22-12-23-18)25-8-3-13-9-15(30(2)27)10-16(21)19(13)25/h9-12,14H,3-8H2,1-2H3. The van der Waals surface area contributed by atoms with Crippen LogP contribution in [0.2, 0.25) is 0 Å². The smallest absolute Gasteiger partial charge is 0.281 e. The average molecular weight is 451 g/mol. The Kier molecular flexibility index (Phi) is 6.24. The molecule has 0 bridgehead atoms. The zero-order valence-corrected chi connectivity index (χ0v) is 18.5. The van der Waals surface area contributed by atoms with Crippen molar-refractivity contribution >= 4 is 39.3 Å². The molecule has 1 unspecified atom stereocenters. The van der Waals surface area contributed by atoms with Crippen molar-refractivity contribution in [2.75, 3.05) is 37.0 Å². The highest BCUT2D eigenvalue weighted by Crippen LogP contribution is 2.37. The van der Waals surface area contributed by atoms with Crippen molar-refractivity contribution in [2.24, 2.45) is 0 Å². The van der Waals surface area contributed by atoms with Gasteiger partial charge in [-0.25, -0.2) is 14.4 Å². The van der Waals surface area contributed by atoms with Crippen LogP contribution in [-0.2, 0) is 17.2 Å². The number of fused-ring (bicyclic) bond motifs is 1. The van der Waals surface area contributed by atoms with Crippen LogP contribution in [0.25, 0.3) is 0 Å². The molecule has 2 aliphatic heterocycles. The molecule has 0 N–H and O–H groups in total. The second-order valence-corrected chi connectivity index (χ2v) is 9.39. The fourth-order valence-electron chi connectivity index (χ4n) is 3.86. The molecule has 0 saturated carbocycles. The first-order chi connectivity index (χ1) is 14.5. The minimum atomic E-state index is -1.23. The summed E-state index contributed by atoms with van der Waals surface area (Å²) >= 11 is 1.22. The number of nitrogens with zero attached hydrogens (tertiary/aromatic N) is 4. The Morgan fingerprint density at radius 3 is 2.70 bits per heavy atom. The van der Waals surface area contributed by atoms with Gasteiger partial charge < -0.3 is 14.5 Å². The molecule has 30 heavy (non-hydrogen) atoms. The number of aromatic nitrogens is 2. The van der Waals surface area contributed by atoms with E-state index in [1.807, 2.05) is 4.90 Å². The van der Waals surface area contributed by atoms with Gasteiger partial charge in [-0.05, 0) is 30.4 Å². The normalized spacial score (nSPS) is 17.7. The van der Waals surface area contributed by atoms with Gasteiger partial charge in [-0.3, -0.25) is 9.00 Å². The SMILES string of the molecule is CSC(=O)N1CCC(Oc2cc(N3CCc4cc(S(C)=O)cc(F)c43)ncn2)CC1. The number of halogens is 1. The number of rotatable bonds is 4. The molecule has 4 rings (SSSR count). The number of hydrogen-bond donors (Lipinski definition) is 0. The van der Waals surface area contributed by atoms with E-state index in [1.165, 1.54) is 24.2 Å². The maximum atomic E-state index is 14.8. The van der Waals surface area contributed by atoms with Gasteiger partial charge in [0.15, 0.2) is 0 Å². The molecular weight excluding hydrogens is 427 g/mol. The zero-order chi connectivity index (χ0) is 21.3. The summed E-state index contributed by atoms with van der Waals surface area (Å²) in [5.41, 5.74) is 1.30. The Morgan fingerprint density at radius 2 is 2.00 bits per heavy atom. The van der Waals surface area contributed by atoms with Gasteiger partial charge in [0.25, 0.3) is 5.24 Å². The van der Waals surface area contributed by atoms with Crippen molar-refractivity contribution in [3.8, 4) is 5.88 Å². The number of anilines is 2. The third kappa shape index (κ3) is 4.29. The minimum absolute atomic E-state index is 0.0247. The summed E-state index contributed by atoms with van der Waals surface area (Å²) in [4.78, 5) is 24.4. The number of carbonyl (C=O) groups is 1. The van der Waals surface area contributed by atoms with E-state index in [0.717, 1.165) is 18.4 Å². The number of ether oxygens (including phenoxy) is 1. The van der Waals surface area contributed by atoms with Crippen LogP contribution in [0.3, 0.4) is 0 Å². The van der Waals surface area contributed by atoms with E-state index in [2.05, 4.69) is 9.97 Å². The van der Waals surface area contributed by atoms with E-state index in [1.54, 1.807) is 29.5 Å². The van der Waals surface area contributed by atoms with Crippen LogP contribution >= 0.6 is 11.8 Å². The van der Waals surface area contributed by atoms with Crippen LogP contribution < -0.4 is 9.64 Å². The Morgan fingerprint density at radius 1 is 1.23 bits per heavy atom. The molecule has 160 valence electrons. The first-order valence-electron chi connectivity index (χ1n) is 9.71. The number of carbonyl (C=O) groups excluding carboxylic acids is 1. The average Bonchev–Trinajstić information content (AvgIpc) is 3.18. The van der Waals surface area contributed by atoms with Gasteiger partial charge in [0.2, 0.25) is 5.88 Å². The third-order valence-electron chi connectivity index (χ3n) is 5.39. The fraction of sp³-hybridized carbons (Fsp3) is 0.450. The van der Waals surface area contributed by atoms with Crippen molar-refractivity contribution in [2.45, 2.75) is 30.3 Å². The van der Waals surface area contributed by atoms with Crippen LogP contribution in [0.5, 0.6) is 5.88 Å². The molecule has 0 radical (unpaired) electrons. The Bertz CT molecular complexity index is 983. The molecule has 1 fully saturated rings. The number of likely N-dealkylation sites (tertiary alicyclic amines) is 1. The van der Waals surface area contributed by atoms with Gasteiger partial charge in [0, 0.05) is 60.5 Å². The van der Waals surface area contributed by atoms with Crippen LogP contribution in [0.4, 0.5) is 20.7 Å². The number of benzene rings is 1. The van der Waals surface area contributed by atoms with E-state index >= 15 is 0 Å². The molecule has 1 saturated heterocycles. The fourth-order valence-corrected chi connectivity index (χ4v) is 4.88. The van der Waals surface area contributed by atoms with Gasteiger partial charge in [-0.1, -0.05) is 11.8 Å². The third-order valence-corrected chi connectivity index (χ3v) is 6.90. The second-order valence-electron chi connectivity index (χ2n) is 7.26. The lowest BCUT2D eigenvalue weighted by Gasteiger charge is -2.31. The van der Waals surface area contributed by atoms with E-state index < -0.39 is 16.6 Å². The molecular formula is C20H23FN4O3S2. The predicted molar refractivity (Wildman–Crippen MR) is 116 cm³/mol. The van der Waals surface area contributed by atoms with E-state index in [9.17, 15) is 13.4 Å². The van der Waals surface area contributed by atoms with Crippen molar-refractivity contribution in [1.82, 2.24) is 14.9 Å². The second kappa shape index (κ2) is 8.89. The van der Waals surface area contributed by atoms with Crippen molar-refractivity contribution in [3.05, 3.63) is 35.9 Å². The first-order valence-corrected chi connectivity index (χ1v) is 12.5. The molecule has 2 aromatic rings. The zero-order valence-electron chi connectivity index (χ0n) is 16.8. The molecule has 3 heterocycles. The van der Waals surface area contributed by atoms with Crippen LogP contribution in [0, 0.1) is 5.82 Å². The van der Waals surface area contributed by atoms with Gasteiger partial charge in [-0.15, -0.1) is 0 Å². The van der Waals surface area contributed by atoms with Crippen LogP contribution in [-0.4, -0.2) is 62.6 Å². The number of amides is 1. The highest BCUT2D eigenvalue weighted by Gasteiger charge is 2.28. The van der Waals surface area contributed by atoms with E-state index in [-0.39, 0.29) is 11.3 Å². The van der Waals surface area contributed by atoms with Crippen LogP contribution in [0.1, 0.15) is 18.4 Å². The van der Waals surface area contributed by atoms with Gasteiger partial charge in [-0.2, -0.15) is 0 Å². The molecule has 10 heteroatoms. The summed E-state index contributed by atoms with van der Waals surface area (Å²) < 4.78 is 32.5. The summed E-state index contributed by atoms with van der Waals surface area (Å²) in [6.45, 7) is 1.90. The molecule has 7 nitrogen and oxygen atoms in total. The molecule has 0 aliphatic carbocycles. The predicted octanol–water partition coefficient (Wildman–Crippen LogP) is 3.37. The summed E-state index contributed by atoms with van der Waals surface area (Å²) in [5, 5.41) is 0.0857. The quantitative estimate of drug-likeness (QED) is 0.707. The van der Waals surface area contributed by atoms with Crippen molar-refractivity contribution in [1.29, 1.82) is 0 Å². The Balaban J connectivity index is 1.48. The lowest BCUT2D eigenvalue weighted by molar-refractivity contribution is 0.115. The maximum absolute atomic E-state index is 14.8. The van der Waals surface area contributed by atoms with E-state index in [0.29, 0.717) is 48.3 Å².